The Bertz CT molecular complexity index is 854. The highest BCUT2D eigenvalue weighted by Crippen LogP contribution is 2.29. The van der Waals surface area contributed by atoms with Gasteiger partial charge in [-0.2, -0.15) is 13.2 Å². The Morgan fingerprint density at radius 1 is 1.10 bits per heavy atom. The van der Waals surface area contributed by atoms with Crippen molar-refractivity contribution < 1.29 is 27.5 Å². The van der Waals surface area contributed by atoms with Crippen molar-refractivity contribution >= 4 is 11.9 Å². The molecule has 29 heavy (non-hydrogen) atoms. The number of carbonyl (C=O) groups excluding carboxylic acids is 2. The van der Waals surface area contributed by atoms with Gasteiger partial charge in [-0.05, 0) is 36.2 Å². The van der Waals surface area contributed by atoms with Crippen LogP contribution in [0.25, 0.3) is 0 Å². The third-order valence-electron chi connectivity index (χ3n) is 4.91. The molecule has 2 aromatic rings. The monoisotopic (exact) mass is 406 g/mol. The van der Waals surface area contributed by atoms with E-state index in [2.05, 4.69) is 5.32 Å². The zero-order chi connectivity index (χ0) is 21.0. The first-order valence-corrected chi connectivity index (χ1v) is 9.12. The summed E-state index contributed by atoms with van der Waals surface area (Å²) >= 11 is 0. The van der Waals surface area contributed by atoms with E-state index in [1.807, 2.05) is 35.2 Å². The van der Waals surface area contributed by atoms with Crippen molar-refractivity contribution in [2.45, 2.75) is 31.2 Å². The molecule has 1 aliphatic rings. The molecule has 154 valence electrons. The summed E-state index contributed by atoms with van der Waals surface area (Å²) < 4.78 is 42.9. The lowest BCUT2D eigenvalue weighted by Crippen LogP contribution is -2.37. The zero-order valence-corrected chi connectivity index (χ0v) is 15.8. The van der Waals surface area contributed by atoms with Crippen molar-refractivity contribution in [2.75, 3.05) is 13.7 Å². The van der Waals surface area contributed by atoms with E-state index in [1.165, 1.54) is 7.11 Å². The molecule has 1 saturated heterocycles. The normalized spacial score (nSPS) is 19.7. The molecule has 1 heterocycles. The number of hydrogen-bond donors (Lipinski definition) is 1. The molecule has 1 amide bonds. The number of methoxy groups -OCH3 is 1. The molecule has 1 N–H and O–H groups in total. The van der Waals surface area contributed by atoms with Crippen LogP contribution in [-0.4, -0.2) is 42.5 Å². The van der Waals surface area contributed by atoms with E-state index in [0.717, 1.165) is 29.8 Å². The molecule has 8 heteroatoms. The molecule has 0 aromatic heterocycles. The molecule has 0 aliphatic carbocycles. The molecule has 0 bridgehead atoms. The summed E-state index contributed by atoms with van der Waals surface area (Å²) in [5, 5.41) is 2.81. The fourth-order valence-electron chi connectivity index (χ4n) is 3.46. The van der Waals surface area contributed by atoms with Crippen molar-refractivity contribution in [3.05, 3.63) is 71.3 Å². The van der Waals surface area contributed by atoms with Crippen LogP contribution in [-0.2, 0) is 22.3 Å². The minimum atomic E-state index is -4.45. The van der Waals surface area contributed by atoms with Crippen LogP contribution in [0.2, 0.25) is 0 Å². The van der Waals surface area contributed by atoms with Crippen LogP contribution in [0.5, 0.6) is 0 Å². The molecule has 5 nitrogen and oxygen atoms in total. The predicted molar refractivity (Wildman–Crippen MR) is 100.0 cm³/mol. The van der Waals surface area contributed by atoms with Crippen LogP contribution < -0.4 is 5.32 Å². The number of halogens is 3. The molecule has 1 aliphatic heterocycles. The quantitative estimate of drug-likeness (QED) is 0.775. The Balaban J connectivity index is 1.67. The van der Waals surface area contributed by atoms with Gasteiger partial charge in [-0.25, -0.2) is 0 Å². The number of carbonyl (C=O) groups is 2. The number of esters is 1. The van der Waals surface area contributed by atoms with Gasteiger partial charge in [0.15, 0.2) is 0 Å². The van der Waals surface area contributed by atoms with Crippen molar-refractivity contribution in [3.63, 3.8) is 0 Å². The predicted octanol–water partition coefficient (Wildman–Crippen LogP) is 3.25. The Morgan fingerprint density at radius 2 is 1.76 bits per heavy atom. The van der Waals surface area contributed by atoms with Gasteiger partial charge < -0.3 is 10.1 Å². The second-order valence-electron chi connectivity index (χ2n) is 6.94. The lowest BCUT2D eigenvalue weighted by molar-refractivity contribution is -0.146. The van der Waals surface area contributed by atoms with E-state index < -0.39 is 23.7 Å². The van der Waals surface area contributed by atoms with Crippen LogP contribution in [0.4, 0.5) is 13.2 Å². The maximum Gasteiger partial charge on any atom is 0.416 e. The summed E-state index contributed by atoms with van der Waals surface area (Å²) in [5.74, 6) is -0.860. The van der Waals surface area contributed by atoms with Crippen molar-refractivity contribution in [1.29, 1.82) is 0 Å². The van der Waals surface area contributed by atoms with Gasteiger partial charge in [0.25, 0.3) is 5.91 Å². The highest BCUT2D eigenvalue weighted by Gasteiger charge is 2.38. The number of nitrogens with zero attached hydrogens (tertiary/aromatic N) is 1. The van der Waals surface area contributed by atoms with E-state index >= 15 is 0 Å². The Hall–Kier alpha value is -2.87. The van der Waals surface area contributed by atoms with Crippen LogP contribution in [0.1, 0.15) is 27.9 Å². The van der Waals surface area contributed by atoms with Gasteiger partial charge >= 0.3 is 12.1 Å². The number of ether oxygens (including phenoxy) is 1. The largest absolute Gasteiger partial charge is 0.468 e. The number of amides is 1. The fourth-order valence-corrected chi connectivity index (χ4v) is 3.46. The average Bonchev–Trinajstić information content (AvgIpc) is 3.09. The van der Waals surface area contributed by atoms with Gasteiger partial charge in [-0.3, -0.25) is 14.5 Å². The molecule has 0 unspecified atom stereocenters. The first-order valence-electron chi connectivity index (χ1n) is 9.12. The zero-order valence-electron chi connectivity index (χ0n) is 15.8. The van der Waals surface area contributed by atoms with Crippen molar-refractivity contribution in [2.24, 2.45) is 0 Å². The minimum Gasteiger partial charge on any atom is -0.468 e. The Labute approximate surface area is 166 Å². The molecule has 0 saturated carbocycles. The first-order chi connectivity index (χ1) is 13.8. The highest BCUT2D eigenvalue weighted by atomic mass is 19.4. The standard InChI is InChI=1S/C21H21F3N2O3/c1-29-20(28)18-11-17(13-26(18)12-14-5-3-2-4-6-14)25-19(27)15-7-9-16(10-8-15)21(22,23)24/h2-10,17-18H,11-13H2,1H3,(H,25,27)/t17-,18+/m1/s1. The van der Waals surface area contributed by atoms with Gasteiger partial charge in [0, 0.05) is 24.7 Å². The third kappa shape index (κ3) is 5.14. The summed E-state index contributed by atoms with van der Waals surface area (Å²) in [7, 11) is 1.32. The van der Waals surface area contributed by atoms with Crippen molar-refractivity contribution in [1.82, 2.24) is 10.2 Å². The van der Waals surface area contributed by atoms with E-state index in [4.69, 9.17) is 4.74 Å². The summed E-state index contributed by atoms with van der Waals surface area (Å²) in [6.45, 7) is 0.953. The molecule has 1 fully saturated rings. The number of hydrogen-bond acceptors (Lipinski definition) is 4. The first kappa shape index (κ1) is 20.9. The number of rotatable bonds is 5. The second-order valence-corrected chi connectivity index (χ2v) is 6.94. The molecule has 2 aromatic carbocycles. The minimum absolute atomic E-state index is 0.133. The number of alkyl halides is 3. The van der Waals surface area contributed by atoms with Crippen LogP contribution in [0, 0.1) is 0 Å². The van der Waals surface area contributed by atoms with Gasteiger partial charge in [0.05, 0.1) is 12.7 Å². The molecular weight excluding hydrogens is 385 g/mol. The summed E-state index contributed by atoms with van der Waals surface area (Å²) in [4.78, 5) is 26.5. The third-order valence-corrected chi connectivity index (χ3v) is 4.91. The van der Waals surface area contributed by atoms with Gasteiger partial charge in [-0.1, -0.05) is 30.3 Å². The van der Waals surface area contributed by atoms with E-state index in [0.29, 0.717) is 19.5 Å². The summed E-state index contributed by atoms with van der Waals surface area (Å²) in [6, 6.07) is 12.8. The maximum absolute atomic E-state index is 12.7. The molecule has 3 rings (SSSR count). The van der Waals surface area contributed by atoms with Gasteiger partial charge in [-0.15, -0.1) is 0 Å². The van der Waals surface area contributed by atoms with Gasteiger partial charge in [0.1, 0.15) is 6.04 Å². The molecule has 2 atom stereocenters. The van der Waals surface area contributed by atoms with E-state index in [-0.39, 0.29) is 17.6 Å². The molecular formula is C21H21F3N2O3. The number of benzene rings is 2. The topological polar surface area (TPSA) is 58.6 Å². The van der Waals surface area contributed by atoms with E-state index in [9.17, 15) is 22.8 Å². The Kier molecular flexibility index (Phi) is 6.22. The fraction of sp³-hybridized carbons (Fsp3) is 0.333. The lowest BCUT2D eigenvalue weighted by atomic mass is 10.1. The number of nitrogens with one attached hydrogen (secondary N) is 1. The molecule has 0 radical (unpaired) electrons. The summed E-state index contributed by atoms with van der Waals surface area (Å²) in [6.07, 6.45) is -4.09. The van der Waals surface area contributed by atoms with E-state index in [1.54, 1.807) is 0 Å². The lowest BCUT2D eigenvalue weighted by Gasteiger charge is -2.22. The smallest absolute Gasteiger partial charge is 0.416 e. The van der Waals surface area contributed by atoms with Crippen molar-refractivity contribution in [3.8, 4) is 0 Å². The van der Waals surface area contributed by atoms with Gasteiger partial charge in [0.2, 0.25) is 0 Å². The molecule has 0 spiro atoms. The van der Waals surface area contributed by atoms with Crippen LogP contribution in [0.15, 0.2) is 54.6 Å². The summed E-state index contributed by atoms with van der Waals surface area (Å²) in [5.41, 5.74) is 0.347. The number of likely N-dealkylation sites (tertiary alicyclic amines) is 1. The second kappa shape index (κ2) is 8.65. The SMILES string of the molecule is COC(=O)[C@@H]1C[C@@H](NC(=O)c2ccc(C(F)(F)F)cc2)CN1Cc1ccccc1. The van der Waals surface area contributed by atoms with Crippen LogP contribution >= 0.6 is 0 Å². The Morgan fingerprint density at radius 3 is 2.34 bits per heavy atom. The maximum atomic E-state index is 12.7. The average molecular weight is 406 g/mol. The van der Waals surface area contributed by atoms with Crippen LogP contribution in [0.3, 0.4) is 0 Å². The highest BCUT2D eigenvalue weighted by molar-refractivity contribution is 5.94.